The standard InChI is InChI=1S/C16H24BrN3O/c1-11-3-4-15(14(17)9-11)19-16(21)10-20-7-5-13(6-8-20)12(2)18/h3-4,9,12-13H,5-8,10,18H2,1-2H3,(H,19,21). The zero-order chi connectivity index (χ0) is 15.4. The van der Waals surface area contributed by atoms with E-state index in [1.54, 1.807) is 0 Å². The van der Waals surface area contributed by atoms with E-state index in [1.807, 2.05) is 25.1 Å². The molecule has 1 amide bonds. The summed E-state index contributed by atoms with van der Waals surface area (Å²) in [5, 5.41) is 2.97. The summed E-state index contributed by atoms with van der Waals surface area (Å²) in [5.74, 6) is 0.634. The molecule has 0 spiro atoms. The van der Waals surface area contributed by atoms with E-state index in [4.69, 9.17) is 5.73 Å². The maximum atomic E-state index is 12.1. The van der Waals surface area contributed by atoms with Crippen LogP contribution in [-0.2, 0) is 4.79 Å². The molecule has 1 fully saturated rings. The van der Waals surface area contributed by atoms with Crippen LogP contribution in [0.25, 0.3) is 0 Å². The Balaban J connectivity index is 1.83. The highest BCUT2D eigenvalue weighted by Gasteiger charge is 2.23. The van der Waals surface area contributed by atoms with Crippen LogP contribution in [0, 0.1) is 12.8 Å². The van der Waals surface area contributed by atoms with Crippen LogP contribution in [-0.4, -0.2) is 36.5 Å². The van der Waals surface area contributed by atoms with E-state index >= 15 is 0 Å². The van der Waals surface area contributed by atoms with Crippen LogP contribution in [0.3, 0.4) is 0 Å². The number of nitrogens with two attached hydrogens (primary N) is 1. The van der Waals surface area contributed by atoms with Gasteiger partial charge in [-0.1, -0.05) is 6.07 Å². The fourth-order valence-corrected chi connectivity index (χ4v) is 3.34. The number of piperidine rings is 1. The second kappa shape index (κ2) is 7.38. The van der Waals surface area contributed by atoms with Gasteiger partial charge < -0.3 is 11.1 Å². The number of nitrogens with one attached hydrogen (secondary N) is 1. The van der Waals surface area contributed by atoms with Crippen molar-refractivity contribution in [3.63, 3.8) is 0 Å². The quantitative estimate of drug-likeness (QED) is 0.874. The highest BCUT2D eigenvalue weighted by atomic mass is 79.9. The molecule has 1 unspecified atom stereocenters. The molecule has 1 heterocycles. The predicted octanol–water partition coefficient (Wildman–Crippen LogP) is 2.76. The lowest BCUT2D eigenvalue weighted by molar-refractivity contribution is -0.117. The summed E-state index contributed by atoms with van der Waals surface area (Å²) in [6.07, 6.45) is 2.17. The number of anilines is 1. The number of likely N-dealkylation sites (tertiary alicyclic amines) is 1. The molecule has 1 aromatic rings. The van der Waals surface area contributed by atoms with E-state index < -0.39 is 0 Å². The molecule has 2 rings (SSSR count). The first-order chi connectivity index (χ1) is 9.95. The van der Waals surface area contributed by atoms with Gasteiger partial charge >= 0.3 is 0 Å². The molecular weight excluding hydrogens is 330 g/mol. The van der Waals surface area contributed by atoms with Crippen molar-refractivity contribution in [2.45, 2.75) is 32.7 Å². The number of nitrogens with zero attached hydrogens (tertiary/aromatic N) is 1. The van der Waals surface area contributed by atoms with E-state index in [0.717, 1.165) is 41.7 Å². The number of halogens is 1. The first-order valence-electron chi connectivity index (χ1n) is 7.49. The summed E-state index contributed by atoms with van der Waals surface area (Å²) < 4.78 is 0.923. The van der Waals surface area contributed by atoms with Gasteiger partial charge in [-0.25, -0.2) is 0 Å². The van der Waals surface area contributed by atoms with E-state index in [-0.39, 0.29) is 11.9 Å². The molecule has 21 heavy (non-hydrogen) atoms. The minimum atomic E-state index is 0.0406. The Morgan fingerprint density at radius 1 is 1.48 bits per heavy atom. The zero-order valence-corrected chi connectivity index (χ0v) is 14.3. The fraction of sp³-hybridized carbons (Fsp3) is 0.562. The average molecular weight is 354 g/mol. The Hall–Kier alpha value is -0.910. The lowest BCUT2D eigenvalue weighted by atomic mass is 9.91. The van der Waals surface area contributed by atoms with Crippen molar-refractivity contribution in [1.82, 2.24) is 4.90 Å². The molecule has 1 aliphatic rings. The third-order valence-electron chi connectivity index (χ3n) is 4.14. The maximum Gasteiger partial charge on any atom is 0.238 e. The lowest BCUT2D eigenvalue weighted by Gasteiger charge is -2.33. The van der Waals surface area contributed by atoms with Crippen molar-refractivity contribution in [2.24, 2.45) is 11.7 Å². The summed E-state index contributed by atoms with van der Waals surface area (Å²) in [6, 6.07) is 6.18. The SMILES string of the molecule is Cc1ccc(NC(=O)CN2CCC(C(C)N)CC2)c(Br)c1. The summed E-state index contributed by atoms with van der Waals surface area (Å²) in [4.78, 5) is 14.3. The number of hydrogen-bond acceptors (Lipinski definition) is 3. The van der Waals surface area contributed by atoms with Crippen LogP contribution >= 0.6 is 15.9 Å². The van der Waals surface area contributed by atoms with Crippen molar-refractivity contribution in [1.29, 1.82) is 0 Å². The molecule has 0 aliphatic carbocycles. The third-order valence-corrected chi connectivity index (χ3v) is 4.80. The molecule has 0 aromatic heterocycles. The monoisotopic (exact) mass is 353 g/mol. The number of benzene rings is 1. The third kappa shape index (κ3) is 4.80. The van der Waals surface area contributed by atoms with Gasteiger partial charge in [0.05, 0.1) is 12.2 Å². The molecule has 0 saturated carbocycles. The average Bonchev–Trinajstić information content (AvgIpc) is 2.42. The highest BCUT2D eigenvalue weighted by Crippen LogP contribution is 2.24. The number of carbonyl (C=O) groups is 1. The molecule has 0 bridgehead atoms. The first kappa shape index (κ1) is 16.5. The van der Waals surface area contributed by atoms with Gasteiger partial charge in [0, 0.05) is 10.5 Å². The van der Waals surface area contributed by atoms with Gasteiger partial charge in [-0.3, -0.25) is 9.69 Å². The molecule has 1 aliphatic heterocycles. The molecule has 1 atom stereocenters. The molecule has 116 valence electrons. The molecule has 1 aromatic carbocycles. The Morgan fingerprint density at radius 2 is 2.14 bits per heavy atom. The topological polar surface area (TPSA) is 58.4 Å². The molecule has 3 N–H and O–H groups in total. The lowest BCUT2D eigenvalue weighted by Crippen LogP contribution is -2.42. The Labute approximate surface area is 135 Å². The number of hydrogen-bond donors (Lipinski definition) is 2. The second-order valence-corrected chi connectivity index (χ2v) is 6.86. The van der Waals surface area contributed by atoms with Crippen molar-refractivity contribution in [3.8, 4) is 0 Å². The summed E-state index contributed by atoms with van der Waals surface area (Å²) in [6.45, 7) is 6.45. The Morgan fingerprint density at radius 3 is 2.71 bits per heavy atom. The molecule has 0 radical (unpaired) electrons. The first-order valence-corrected chi connectivity index (χ1v) is 8.29. The van der Waals surface area contributed by atoms with Crippen LogP contribution in [0.2, 0.25) is 0 Å². The van der Waals surface area contributed by atoms with Crippen molar-refractivity contribution < 1.29 is 4.79 Å². The Bertz CT molecular complexity index is 496. The van der Waals surface area contributed by atoms with Crippen molar-refractivity contribution in [2.75, 3.05) is 25.0 Å². The minimum Gasteiger partial charge on any atom is -0.328 e. The van der Waals surface area contributed by atoms with Gasteiger partial charge in [-0.05, 0) is 79.3 Å². The summed E-state index contributed by atoms with van der Waals surface area (Å²) >= 11 is 3.48. The fourth-order valence-electron chi connectivity index (χ4n) is 2.75. The number of amides is 1. The van der Waals surface area contributed by atoms with Crippen LogP contribution in [0.1, 0.15) is 25.3 Å². The van der Waals surface area contributed by atoms with Crippen LogP contribution in [0.15, 0.2) is 22.7 Å². The summed E-state index contributed by atoms with van der Waals surface area (Å²) in [7, 11) is 0. The molecular formula is C16H24BrN3O. The smallest absolute Gasteiger partial charge is 0.238 e. The molecule has 5 heteroatoms. The second-order valence-electron chi connectivity index (χ2n) is 6.00. The minimum absolute atomic E-state index is 0.0406. The van der Waals surface area contributed by atoms with Crippen molar-refractivity contribution in [3.05, 3.63) is 28.2 Å². The number of aryl methyl sites for hydroxylation is 1. The van der Waals surface area contributed by atoms with E-state index in [9.17, 15) is 4.79 Å². The number of rotatable bonds is 4. The van der Waals surface area contributed by atoms with Gasteiger partial charge in [0.1, 0.15) is 0 Å². The summed E-state index contributed by atoms with van der Waals surface area (Å²) in [5.41, 5.74) is 7.94. The highest BCUT2D eigenvalue weighted by molar-refractivity contribution is 9.10. The normalized spacial score (nSPS) is 18.5. The van der Waals surface area contributed by atoms with Gasteiger partial charge in [-0.2, -0.15) is 0 Å². The Kier molecular flexibility index (Phi) is 5.79. The van der Waals surface area contributed by atoms with Crippen LogP contribution in [0.4, 0.5) is 5.69 Å². The van der Waals surface area contributed by atoms with Gasteiger partial charge in [0.25, 0.3) is 0 Å². The van der Waals surface area contributed by atoms with Crippen LogP contribution in [0.5, 0.6) is 0 Å². The maximum absolute atomic E-state index is 12.1. The van der Waals surface area contributed by atoms with E-state index in [0.29, 0.717) is 12.5 Å². The van der Waals surface area contributed by atoms with Gasteiger partial charge in [0.2, 0.25) is 5.91 Å². The molecule has 1 saturated heterocycles. The molecule has 4 nitrogen and oxygen atoms in total. The van der Waals surface area contributed by atoms with Gasteiger partial charge in [-0.15, -0.1) is 0 Å². The zero-order valence-electron chi connectivity index (χ0n) is 12.7. The van der Waals surface area contributed by atoms with E-state index in [1.165, 1.54) is 0 Å². The van der Waals surface area contributed by atoms with Crippen LogP contribution < -0.4 is 11.1 Å². The van der Waals surface area contributed by atoms with Crippen molar-refractivity contribution >= 4 is 27.5 Å². The van der Waals surface area contributed by atoms with Gasteiger partial charge in [0.15, 0.2) is 0 Å². The predicted molar refractivity (Wildman–Crippen MR) is 90.3 cm³/mol. The largest absolute Gasteiger partial charge is 0.328 e. The van der Waals surface area contributed by atoms with E-state index in [2.05, 4.69) is 33.1 Å². The number of carbonyl (C=O) groups excluding carboxylic acids is 1.